The quantitative estimate of drug-likeness (QED) is 0.861. The van der Waals surface area contributed by atoms with Crippen LogP contribution in [0, 0.1) is 5.92 Å². The van der Waals surface area contributed by atoms with Gasteiger partial charge in [0.2, 0.25) is 0 Å². The van der Waals surface area contributed by atoms with Crippen LogP contribution in [-0.4, -0.2) is 36.6 Å². The van der Waals surface area contributed by atoms with Crippen LogP contribution in [0.1, 0.15) is 36.9 Å². The summed E-state index contributed by atoms with van der Waals surface area (Å²) in [6.45, 7) is 6.89. The zero-order valence-electron chi connectivity index (χ0n) is 12.4. The summed E-state index contributed by atoms with van der Waals surface area (Å²) < 4.78 is 0. The highest BCUT2D eigenvalue weighted by atomic mass is 35.5. The third-order valence-electron chi connectivity index (χ3n) is 3.65. The van der Waals surface area contributed by atoms with Gasteiger partial charge in [0, 0.05) is 11.9 Å². The van der Waals surface area contributed by atoms with Crippen LogP contribution >= 0.6 is 36.2 Å². The van der Waals surface area contributed by atoms with Crippen molar-refractivity contribution in [1.29, 1.82) is 0 Å². The van der Waals surface area contributed by atoms with E-state index in [1.54, 1.807) is 0 Å². The number of aryl methyl sites for hydroxylation is 1. The Labute approximate surface area is 139 Å². The zero-order chi connectivity index (χ0) is 12.8. The predicted octanol–water partition coefficient (Wildman–Crippen LogP) is 3.37. The summed E-state index contributed by atoms with van der Waals surface area (Å²) >= 11 is 1.82. The summed E-state index contributed by atoms with van der Waals surface area (Å²) in [5.74, 6) is 0.873. The van der Waals surface area contributed by atoms with Crippen molar-refractivity contribution in [1.82, 2.24) is 15.2 Å². The largest absolute Gasteiger partial charge is 0.319 e. The van der Waals surface area contributed by atoms with Gasteiger partial charge in [-0.15, -0.1) is 36.2 Å². The Morgan fingerprint density at radius 3 is 2.65 bits per heavy atom. The number of thiazole rings is 1. The summed E-state index contributed by atoms with van der Waals surface area (Å²) in [6, 6.07) is 0. The minimum absolute atomic E-state index is 0. The molecule has 1 saturated heterocycles. The van der Waals surface area contributed by atoms with Crippen LogP contribution in [0.3, 0.4) is 0 Å². The second-order valence-electron chi connectivity index (χ2n) is 5.26. The molecule has 0 aliphatic carbocycles. The van der Waals surface area contributed by atoms with Gasteiger partial charge in [-0.3, -0.25) is 4.90 Å². The maximum absolute atomic E-state index is 4.71. The first-order valence-electron chi connectivity index (χ1n) is 7.12. The number of hydrogen-bond donors (Lipinski definition) is 1. The van der Waals surface area contributed by atoms with Crippen LogP contribution in [0.5, 0.6) is 0 Å². The summed E-state index contributed by atoms with van der Waals surface area (Å²) in [5.41, 5.74) is 1.27. The molecule has 1 aliphatic heterocycles. The van der Waals surface area contributed by atoms with E-state index in [9.17, 15) is 0 Å². The standard InChI is InChI=1S/C14H25N3S.2ClH/c1-3-4-14-16-13(11-18-14)10-17-7-5-12(6-8-17)9-15-2;;/h11-12,15H,3-10H2,1-2H3;2*1H. The van der Waals surface area contributed by atoms with Crippen molar-refractivity contribution in [3.63, 3.8) is 0 Å². The third-order valence-corrected chi connectivity index (χ3v) is 4.61. The molecule has 118 valence electrons. The molecule has 1 N–H and O–H groups in total. The smallest absolute Gasteiger partial charge is 0.0928 e. The van der Waals surface area contributed by atoms with Crippen LogP contribution in [-0.2, 0) is 13.0 Å². The number of rotatable bonds is 6. The van der Waals surface area contributed by atoms with E-state index in [0.717, 1.165) is 18.9 Å². The van der Waals surface area contributed by atoms with Crippen molar-refractivity contribution in [2.45, 2.75) is 39.2 Å². The Morgan fingerprint density at radius 2 is 2.05 bits per heavy atom. The molecule has 0 aromatic carbocycles. The van der Waals surface area contributed by atoms with E-state index < -0.39 is 0 Å². The third kappa shape index (κ3) is 6.27. The minimum atomic E-state index is 0. The van der Waals surface area contributed by atoms with Crippen LogP contribution < -0.4 is 5.32 Å². The van der Waals surface area contributed by atoms with Gasteiger partial charge in [0.15, 0.2) is 0 Å². The van der Waals surface area contributed by atoms with Gasteiger partial charge in [0.1, 0.15) is 0 Å². The molecule has 0 bridgehead atoms. The Balaban J connectivity index is 0.00000180. The summed E-state index contributed by atoms with van der Waals surface area (Å²) in [6.07, 6.45) is 4.98. The van der Waals surface area contributed by atoms with Crippen molar-refractivity contribution in [2.24, 2.45) is 5.92 Å². The molecule has 0 unspecified atom stereocenters. The van der Waals surface area contributed by atoms with Crippen LogP contribution in [0.25, 0.3) is 0 Å². The lowest BCUT2D eigenvalue weighted by Gasteiger charge is -2.31. The fourth-order valence-corrected chi connectivity index (χ4v) is 3.51. The molecule has 2 heterocycles. The molecule has 0 atom stereocenters. The summed E-state index contributed by atoms with van der Waals surface area (Å²) in [7, 11) is 2.05. The number of likely N-dealkylation sites (tertiary alicyclic amines) is 1. The molecule has 1 aromatic rings. The highest BCUT2D eigenvalue weighted by Gasteiger charge is 2.19. The monoisotopic (exact) mass is 339 g/mol. The van der Waals surface area contributed by atoms with Gasteiger partial charge in [0.25, 0.3) is 0 Å². The zero-order valence-corrected chi connectivity index (χ0v) is 14.9. The lowest BCUT2D eigenvalue weighted by atomic mass is 9.97. The molecule has 0 spiro atoms. The van der Waals surface area contributed by atoms with Gasteiger partial charge in [-0.1, -0.05) is 6.92 Å². The van der Waals surface area contributed by atoms with Gasteiger partial charge >= 0.3 is 0 Å². The molecule has 6 heteroatoms. The number of halogens is 2. The molecule has 0 saturated carbocycles. The second-order valence-corrected chi connectivity index (χ2v) is 6.20. The van der Waals surface area contributed by atoms with Gasteiger partial charge in [0.05, 0.1) is 10.7 Å². The van der Waals surface area contributed by atoms with Crippen LogP contribution in [0.4, 0.5) is 0 Å². The van der Waals surface area contributed by atoms with E-state index in [-0.39, 0.29) is 24.8 Å². The molecule has 1 fully saturated rings. The maximum Gasteiger partial charge on any atom is 0.0928 e. The number of nitrogens with zero attached hydrogens (tertiary/aromatic N) is 2. The number of piperidine rings is 1. The van der Waals surface area contributed by atoms with E-state index >= 15 is 0 Å². The van der Waals surface area contributed by atoms with Crippen LogP contribution in [0.2, 0.25) is 0 Å². The molecular weight excluding hydrogens is 313 g/mol. The molecule has 2 rings (SSSR count). The summed E-state index contributed by atoms with van der Waals surface area (Å²) in [4.78, 5) is 7.27. The SMILES string of the molecule is CCCc1nc(CN2CCC(CNC)CC2)cs1.Cl.Cl. The van der Waals surface area contributed by atoms with E-state index in [1.165, 1.54) is 49.6 Å². The highest BCUT2D eigenvalue weighted by Crippen LogP contribution is 2.19. The number of nitrogens with one attached hydrogen (secondary N) is 1. The van der Waals surface area contributed by atoms with Crippen molar-refractivity contribution in [3.05, 3.63) is 16.1 Å². The fraction of sp³-hybridized carbons (Fsp3) is 0.786. The van der Waals surface area contributed by atoms with E-state index in [2.05, 4.69) is 29.6 Å². The maximum atomic E-state index is 4.71. The highest BCUT2D eigenvalue weighted by molar-refractivity contribution is 7.09. The van der Waals surface area contributed by atoms with E-state index in [1.807, 2.05) is 11.3 Å². The Hall–Kier alpha value is 0.130. The molecule has 0 amide bonds. The Bertz CT molecular complexity index is 352. The van der Waals surface area contributed by atoms with Crippen molar-refractivity contribution < 1.29 is 0 Å². The Morgan fingerprint density at radius 1 is 1.35 bits per heavy atom. The van der Waals surface area contributed by atoms with Gasteiger partial charge < -0.3 is 5.32 Å². The van der Waals surface area contributed by atoms with Crippen molar-refractivity contribution in [3.8, 4) is 0 Å². The first-order valence-corrected chi connectivity index (χ1v) is 8.00. The predicted molar refractivity (Wildman–Crippen MR) is 92.5 cm³/mol. The number of hydrogen-bond acceptors (Lipinski definition) is 4. The second kappa shape index (κ2) is 10.8. The first-order chi connectivity index (χ1) is 8.81. The van der Waals surface area contributed by atoms with Crippen molar-refractivity contribution in [2.75, 3.05) is 26.7 Å². The Kier molecular flexibility index (Phi) is 10.9. The topological polar surface area (TPSA) is 28.2 Å². The van der Waals surface area contributed by atoms with Crippen LogP contribution in [0.15, 0.2) is 5.38 Å². The fourth-order valence-electron chi connectivity index (χ4n) is 2.62. The normalized spacial score (nSPS) is 16.5. The molecular formula is C14H27Cl2N3S. The molecule has 0 radical (unpaired) electrons. The average molecular weight is 340 g/mol. The average Bonchev–Trinajstić information content (AvgIpc) is 2.80. The molecule has 3 nitrogen and oxygen atoms in total. The van der Waals surface area contributed by atoms with Gasteiger partial charge in [-0.25, -0.2) is 4.98 Å². The first kappa shape index (κ1) is 20.1. The lowest BCUT2D eigenvalue weighted by Crippen LogP contribution is -2.36. The molecule has 20 heavy (non-hydrogen) atoms. The minimum Gasteiger partial charge on any atom is -0.319 e. The van der Waals surface area contributed by atoms with Gasteiger partial charge in [-0.05, 0) is 58.3 Å². The molecule has 1 aliphatic rings. The van der Waals surface area contributed by atoms with Gasteiger partial charge in [-0.2, -0.15) is 0 Å². The van der Waals surface area contributed by atoms with E-state index in [0.29, 0.717) is 0 Å². The van der Waals surface area contributed by atoms with E-state index in [4.69, 9.17) is 4.98 Å². The summed E-state index contributed by atoms with van der Waals surface area (Å²) in [5, 5.41) is 6.83. The number of aromatic nitrogens is 1. The lowest BCUT2D eigenvalue weighted by molar-refractivity contribution is 0.175. The van der Waals surface area contributed by atoms with Crippen molar-refractivity contribution >= 4 is 36.2 Å². The molecule has 1 aromatic heterocycles.